The fourth-order valence-electron chi connectivity index (χ4n) is 0.565. The van der Waals surface area contributed by atoms with E-state index in [1.54, 1.807) is 0 Å². The number of halogens is 2. The average Bonchev–Trinajstić information content (AvgIpc) is 1.84. The van der Waals surface area contributed by atoms with Crippen LogP contribution in [0.25, 0.3) is 0 Å². The van der Waals surface area contributed by atoms with Gasteiger partial charge in [0.15, 0.2) is 0 Å². The van der Waals surface area contributed by atoms with Crippen LogP contribution in [0.15, 0.2) is 16.9 Å². The summed E-state index contributed by atoms with van der Waals surface area (Å²) in [6.07, 6.45) is 1.45. The molecule has 1 unspecified atom stereocenters. The van der Waals surface area contributed by atoms with Gasteiger partial charge in [0.05, 0.1) is 9.99 Å². The first-order chi connectivity index (χ1) is 4.25. The van der Waals surface area contributed by atoms with Crippen molar-refractivity contribution in [3.8, 4) is 0 Å². The molecule has 0 spiro atoms. The number of hydrogen-bond acceptors (Lipinski definition) is 2. The third-order valence-corrected chi connectivity index (χ3v) is 1.96. The van der Waals surface area contributed by atoms with Crippen LogP contribution in [0.4, 0.5) is 4.39 Å². The van der Waals surface area contributed by atoms with Gasteiger partial charge in [-0.25, -0.2) is 9.38 Å². The van der Waals surface area contributed by atoms with Crippen LogP contribution in [-0.2, 0) is 0 Å². The second kappa shape index (κ2) is 2.69. The Balaban J connectivity index is 2.66. The minimum absolute atomic E-state index is 0.00736. The average molecular weight is 208 g/mol. The number of rotatable bonds is 1. The van der Waals surface area contributed by atoms with E-state index in [1.807, 2.05) is 0 Å². The number of hydrogen-bond donors (Lipinski definition) is 0. The second-order valence-electron chi connectivity index (χ2n) is 1.66. The van der Waals surface area contributed by atoms with Gasteiger partial charge in [-0.3, -0.25) is 0 Å². The summed E-state index contributed by atoms with van der Waals surface area (Å²) >= 11 is 7.47. The molecule has 0 aliphatic heterocycles. The minimum Gasteiger partial charge on any atom is -0.220 e. The molecule has 0 saturated heterocycles. The zero-order valence-corrected chi connectivity index (χ0v) is 6.75. The fourth-order valence-corrected chi connectivity index (χ4v) is 1.30. The van der Waals surface area contributed by atoms with Gasteiger partial charge >= 0.3 is 0 Å². The molecule has 0 aromatic carbocycles. The molecule has 0 fully saturated rings. The SMILES string of the molecule is FC1=CC(Br)[C@H]1N=C=S. The zero-order valence-electron chi connectivity index (χ0n) is 4.34. The van der Waals surface area contributed by atoms with Gasteiger partial charge in [-0.05, 0) is 18.3 Å². The molecule has 1 rings (SSSR count). The Morgan fingerprint density at radius 2 is 2.56 bits per heavy atom. The lowest BCUT2D eigenvalue weighted by Gasteiger charge is -2.21. The van der Waals surface area contributed by atoms with E-state index in [-0.39, 0.29) is 10.7 Å². The molecule has 0 bridgehead atoms. The maximum Gasteiger partial charge on any atom is 0.127 e. The van der Waals surface area contributed by atoms with Crippen LogP contribution in [0.5, 0.6) is 0 Å². The molecule has 9 heavy (non-hydrogen) atoms. The van der Waals surface area contributed by atoms with Crippen molar-refractivity contribution >= 4 is 33.3 Å². The summed E-state index contributed by atoms with van der Waals surface area (Å²) in [6.45, 7) is 0. The van der Waals surface area contributed by atoms with E-state index in [9.17, 15) is 4.39 Å². The Kier molecular flexibility index (Phi) is 2.11. The highest BCUT2D eigenvalue weighted by Gasteiger charge is 2.30. The molecular formula is C5H3BrFNS. The van der Waals surface area contributed by atoms with Crippen molar-refractivity contribution in [2.45, 2.75) is 10.9 Å². The van der Waals surface area contributed by atoms with Crippen molar-refractivity contribution in [1.82, 2.24) is 0 Å². The van der Waals surface area contributed by atoms with E-state index in [4.69, 9.17) is 0 Å². The lowest BCUT2D eigenvalue weighted by molar-refractivity contribution is 0.505. The third-order valence-electron chi connectivity index (χ3n) is 1.09. The first kappa shape index (κ1) is 7.06. The van der Waals surface area contributed by atoms with Crippen molar-refractivity contribution in [2.75, 3.05) is 0 Å². The lowest BCUT2D eigenvalue weighted by Crippen LogP contribution is -2.26. The third kappa shape index (κ3) is 1.26. The van der Waals surface area contributed by atoms with E-state index in [0.29, 0.717) is 0 Å². The number of nitrogens with zero attached hydrogens (tertiary/aromatic N) is 1. The van der Waals surface area contributed by atoms with E-state index in [1.165, 1.54) is 6.08 Å². The predicted molar refractivity (Wildman–Crippen MR) is 40.7 cm³/mol. The van der Waals surface area contributed by atoms with Gasteiger partial charge < -0.3 is 0 Å². The van der Waals surface area contributed by atoms with Crippen molar-refractivity contribution in [1.29, 1.82) is 0 Å². The van der Waals surface area contributed by atoms with E-state index >= 15 is 0 Å². The molecule has 2 atom stereocenters. The molecular weight excluding hydrogens is 205 g/mol. The highest BCUT2D eigenvalue weighted by molar-refractivity contribution is 9.09. The Hall–Kier alpha value is -0.0500. The summed E-state index contributed by atoms with van der Waals surface area (Å²) in [7, 11) is 0. The highest BCUT2D eigenvalue weighted by Crippen LogP contribution is 2.29. The molecule has 0 aromatic heterocycles. The zero-order chi connectivity index (χ0) is 6.85. The van der Waals surface area contributed by atoms with E-state index in [0.717, 1.165) is 0 Å². The summed E-state index contributed by atoms with van der Waals surface area (Å²) in [6, 6.07) is -0.414. The molecule has 0 heterocycles. The molecule has 0 aromatic rings. The van der Waals surface area contributed by atoms with Crippen molar-refractivity contribution in [2.24, 2.45) is 4.99 Å². The topological polar surface area (TPSA) is 12.4 Å². The van der Waals surface area contributed by atoms with E-state index in [2.05, 4.69) is 38.3 Å². The van der Waals surface area contributed by atoms with Crippen LogP contribution in [0.1, 0.15) is 0 Å². The van der Waals surface area contributed by atoms with Gasteiger partial charge in [-0.2, -0.15) is 0 Å². The van der Waals surface area contributed by atoms with Gasteiger partial charge in [0.25, 0.3) is 0 Å². The predicted octanol–water partition coefficient (Wildman–Crippen LogP) is 2.09. The maximum absolute atomic E-state index is 12.3. The molecule has 4 heteroatoms. The van der Waals surface area contributed by atoms with Gasteiger partial charge in [-0.1, -0.05) is 15.9 Å². The Morgan fingerprint density at radius 1 is 1.89 bits per heavy atom. The Morgan fingerprint density at radius 3 is 2.78 bits per heavy atom. The summed E-state index contributed by atoms with van der Waals surface area (Å²) in [5.41, 5.74) is 0. The van der Waals surface area contributed by atoms with Gasteiger partial charge in [0, 0.05) is 0 Å². The van der Waals surface area contributed by atoms with Gasteiger partial charge in [0.1, 0.15) is 11.9 Å². The standard InChI is InChI=1S/C5H3BrFNS/c6-3-1-4(7)5(3)8-2-9/h1,3,5H/t3?,5-/m1/s1. The summed E-state index contributed by atoms with van der Waals surface area (Å²) in [5.74, 6) is -0.228. The molecule has 0 amide bonds. The first-order valence-corrected chi connectivity index (χ1v) is 3.66. The van der Waals surface area contributed by atoms with Crippen molar-refractivity contribution in [3.05, 3.63) is 11.9 Å². The number of alkyl halides is 1. The van der Waals surface area contributed by atoms with E-state index < -0.39 is 6.04 Å². The molecule has 48 valence electrons. The Bertz CT molecular complexity index is 197. The van der Waals surface area contributed by atoms with Gasteiger partial charge in [0.2, 0.25) is 0 Å². The quantitative estimate of drug-likeness (QED) is 0.365. The summed E-state index contributed by atoms with van der Waals surface area (Å²) in [4.78, 5) is 3.57. The number of aliphatic imine (C=N–C) groups is 1. The van der Waals surface area contributed by atoms with Gasteiger partial charge in [-0.15, -0.1) is 0 Å². The molecule has 1 aliphatic rings. The van der Waals surface area contributed by atoms with Crippen LogP contribution < -0.4 is 0 Å². The number of thiocarbonyl (C=S) groups is 1. The summed E-state index contributed by atoms with van der Waals surface area (Å²) < 4.78 is 12.3. The van der Waals surface area contributed by atoms with Crippen LogP contribution in [-0.4, -0.2) is 16.0 Å². The number of isothiocyanates is 1. The van der Waals surface area contributed by atoms with Crippen LogP contribution in [0.2, 0.25) is 0 Å². The smallest absolute Gasteiger partial charge is 0.127 e. The molecule has 1 aliphatic carbocycles. The van der Waals surface area contributed by atoms with Crippen LogP contribution in [0.3, 0.4) is 0 Å². The fraction of sp³-hybridized carbons (Fsp3) is 0.400. The van der Waals surface area contributed by atoms with Crippen molar-refractivity contribution < 1.29 is 4.39 Å². The second-order valence-corrected chi connectivity index (χ2v) is 2.90. The molecule has 1 nitrogen and oxygen atoms in total. The maximum atomic E-state index is 12.3. The largest absolute Gasteiger partial charge is 0.220 e. The van der Waals surface area contributed by atoms with Crippen LogP contribution >= 0.6 is 28.1 Å². The normalized spacial score (nSPS) is 32.0. The Labute approximate surface area is 65.8 Å². The lowest BCUT2D eigenvalue weighted by atomic mass is 10.0. The summed E-state index contributed by atoms with van der Waals surface area (Å²) in [5, 5.41) is 2.13. The first-order valence-electron chi connectivity index (χ1n) is 2.34. The molecule has 0 saturated carbocycles. The highest BCUT2D eigenvalue weighted by atomic mass is 79.9. The minimum atomic E-state index is -0.414. The van der Waals surface area contributed by atoms with Crippen LogP contribution in [0, 0.1) is 0 Å². The molecule has 0 N–H and O–H groups in total. The molecule has 0 radical (unpaired) electrons. The van der Waals surface area contributed by atoms with Crippen molar-refractivity contribution in [3.63, 3.8) is 0 Å². The monoisotopic (exact) mass is 207 g/mol.